The van der Waals surface area contributed by atoms with Crippen LogP contribution in [0, 0.1) is 11.6 Å². The summed E-state index contributed by atoms with van der Waals surface area (Å²) in [5, 5.41) is 11.7. The molecule has 2 saturated heterocycles. The molecule has 20 heteroatoms. The molecule has 80 heavy (non-hydrogen) atoms. The Bertz CT molecular complexity index is 2880. The molecule has 2 aliphatic heterocycles. The van der Waals surface area contributed by atoms with E-state index in [0.717, 1.165) is 0 Å². The number of nitrogens with one attached hydrogen (secondary N) is 4. The van der Waals surface area contributed by atoms with Gasteiger partial charge in [0.2, 0.25) is 35.4 Å². The second kappa shape index (κ2) is 27.7. The normalized spacial score (nSPS) is 16.6. The van der Waals surface area contributed by atoms with Gasteiger partial charge in [-0.25, -0.2) is 8.78 Å². The summed E-state index contributed by atoms with van der Waals surface area (Å²) in [5.41, 5.74) is 15.8. The van der Waals surface area contributed by atoms with Crippen LogP contribution in [0.25, 0.3) is 0 Å². The average Bonchev–Trinajstić information content (AvgIpc) is 4.20. The maximum atomic E-state index is 14.6. The second-order valence-corrected chi connectivity index (χ2v) is 20.5. The molecule has 5 aromatic rings. The highest BCUT2D eigenvalue weighted by Gasteiger charge is 2.37. The van der Waals surface area contributed by atoms with E-state index in [4.69, 9.17) is 11.5 Å². The molecule has 6 atom stereocenters. The molecule has 0 saturated carbocycles. The SMILES string of the molecule is CN[C@@H](C)C(=O)N[C@@H](CCCCc1c(C(N)=O)ccc(C(N)=O)c1CCCC[C@H](NC(=O)[C@H](C)NC)C(=O)N1CCC[C@H]1c1cncc(C(=O)c2ccc(F)cc2)c1)C(=O)N1CCC[C@H]1c1cncc(C(=O)c2ccc(F)cc2)c1. The van der Waals surface area contributed by atoms with Gasteiger partial charge in [-0.2, -0.15) is 0 Å². The zero-order valence-corrected chi connectivity index (χ0v) is 45.6. The van der Waals surface area contributed by atoms with Crippen molar-refractivity contribution < 1.29 is 47.1 Å². The van der Waals surface area contributed by atoms with Gasteiger partial charge in [0.05, 0.1) is 24.2 Å². The Balaban J connectivity index is 1.05. The number of pyridine rings is 2. The first kappa shape index (κ1) is 59.6. The maximum absolute atomic E-state index is 14.6. The first-order valence-corrected chi connectivity index (χ1v) is 27.2. The van der Waals surface area contributed by atoms with Crippen molar-refractivity contribution in [1.29, 1.82) is 0 Å². The number of hydrogen-bond acceptors (Lipinski definition) is 12. The lowest BCUT2D eigenvalue weighted by Gasteiger charge is -2.30. The van der Waals surface area contributed by atoms with E-state index in [1.807, 2.05) is 0 Å². The minimum Gasteiger partial charge on any atom is -0.366 e. The Hall–Kier alpha value is -8.10. The fourth-order valence-electron chi connectivity index (χ4n) is 10.6. The molecule has 3 aromatic carbocycles. The Labute approximate surface area is 464 Å². The van der Waals surface area contributed by atoms with E-state index in [9.17, 15) is 47.1 Å². The molecule has 6 amide bonds. The van der Waals surface area contributed by atoms with E-state index in [-0.39, 0.29) is 94.3 Å². The fraction of sp³-hybridized carbons (Fsp3) is 0.400. The Kier molecular flexibility index (Phi) is 20.6. The van der Waals surface area contributed by atoms with Gasteiger partial charge in [-0.1, -0.05) is 12.8 Å². The summed E-state index contributed by atoms with van der Waals surface area (Å²) in [5.74, 6) is -4.48. The first-order valence-electron chi connectivity index (χ1n) is 27.2. The number of primary amides is 2. The van der Waals surface area contributed by atoms with Crippen molar-refractivity contribution in [3.63, 3.8) is 0 Å². The van der Waals surface area contributed by atoms with Crippen LogP contribution in [0.2, 0.25) is 0 Å². The summed E-state index contributed by atoms with van der Waals surface area (Å²) >= 11 is 0. The van der Waals surface area contributed by atoms with Gasteiger partial charge in [-0.05, 0) is 187 Å². The lowest BCUT2D eigenvalue weighted by Crippen LogP contribution is -2.52. The molecular weight excluding hydrogens is 1030 g/mol. The third-order valence-electron chi connectivity index (χ3n) is 15.3. The van der Waals surface area contributed by atoms with E-state index in [1.54, 1.807) is 62.3 Å². The minimum atomic E-state index is -0.954. The molecule has 0 aliphatic carbocycles. The van der Waals surface area contributed by atoms with E-state index < -0.39 is 59.7 Å². The smallest absolute Gasteiger partial charge is 0.248 e. The zero-order chi connectivity index (χ0) is 57.6. The Morgan fingerprint density at radius 2 is 0.925 bits per heavy atom. The molecule has 18 nitrogen and oxygen atoms in total. The maximum Gasteiger partial charge on any atom is 0.248 e. The lowest BCUT2D eigenvalue weighted by molar-refractivity contribution is -0.138. The highest BCUT2D eigenvalue weighted by Crippen LogP contribution is 2.35. The number of nitrogens with two attached hydrogens (primary N) is 2. The van der Waals surface area contributed by atoms with Crippen LogP contribution < -0.4 is 32.7 Å². The number of rotatable bonds is 26. The van der Waals surface area contributed by atoms with Gasteiger partial charge in [0, 0.05) is 71.3 Å². The van der Waals surface area contributed by atoms with Crippen LogP contribution in [0.15, 0.2) is 97.6 Å². The van der Waals surface area contributed by atoms with E-state index >= 15 is 0 Å². The molecule has 2 fully saturated rings. The van der Waals surface area contributed by atoms with Crippen molar-refractivity contribution in [2.75, 3.05) is 27.2 Å². The van der Waals surface area contributed by atoms with Crippen LogP contribution in [0.1, 0.15) is 165 Å². The molecule has 2 aliphatic rings. The first-order chi connectivity index (χ1) is 38.4. The van der Waals surface area contributed by atoms with Gasteiger partial charge in [-0.15, -0.1) is 0 Å². The molecular formula is C60H70F2N10O8. The molecule has 7 rings (SSSR count). The molecule has 422 valence electrons. The Morgan fingerprint density at radius 3 is 1.27 bits per heavy atom. The van der Waals surface area contributed by atoms with Crippen molar-refractivity contribution in [1.82, 2.24) is 41.0 Å². The van der Waals surface area contributed by atoms with Gasteiger partial charge >= 0.3 is 0 Å². The molecule has 8 N–H and O–H groups in total. The van der Waals surface area contributed by atoms with Gasteiger partial charge in [0.25, 0.3) is 0 Å². The number of ketones is 2. The number of carbonyl (C=O) groups is 8. The standard InChI is InChI=1S/C60H70F2N10O8/c1-35(65-3)57(77)69-49(59(79)71-27-9-15-51(71)39-29-41(33-67-31-39)53(73)37-17-21-43(61)22-18-37)13-7-5-11-45-46(48(56(64)76)26-25-47(45)55(63)75)12-6-8-14-50(70-58(78)36(2)66-4)60(80)72-28-10-16-52(72)40-30-42(34-68-32-40)54(74)38-19-23-44(62)24-20-38/h17-26,29-36,49-52,65-66H,5-16,27-28H2,1-4H3,(H2,63,75)(H2,64,76)(H,69,77)(H,70,78)/t35-,36-,49-,50-,51-,52-/m0/s1. The van der Waals surface area contributed by atoms with Gasteiger partial charge < -0.3 is 42.5 Å². The summed E-state index contributed by atoms with van der Waals surface area (Å²) < 4.78 is 27.3. The van der Waals surface area contributed by atoms with Gasteiger partial charge in [0.15, 0.2) is 11.6 Å². The monoisotopic (exact) mass is 1100 g/mol. The van der Waals surface area contributed by atoms with E-state index in [1.165, 1.54) is 73.1 Å². The van der Waals surface area contributed by atoms with Crippen molar-refractivity contribution in [3.05, 3.63) is 165 Å². The summed E-state index contributed by atoms with van der Waals surface area (Å²) in [6.07, 6.45) is 11.1. The van der Waals surface area contributed by atoms with Crippen LogP contribution in [-0.4, -0.2) is 118 Å². The predicted molar refractivity (Wildman–Crippen MR) is 295 cm³/mol. The third kappa shape index (κ3) is 14.6. The number of halogens is 2. The molecule has 4 heterocycles. The fourth-order valence-corrected chi connectivity index (χ4v) is 10.6. The predicted octanol–water partition coefficient (Wildman–Crippen LogP) is 5.75. The summed E-state index contributed by atoms with van der Waals surface area (Å²) in [7, 11) is 3.27. The summed E-state index contributed by atoms with van der Waals surface area (Å²) in [6, 6.07) is 12.7. The third-order valence-corrected chi connectivity index (χ3v) is 15.3. The van der Waals surface area contributed by atoms with Crippen LogP contribution in [-0.2, 0) is 32.0 Å². The summed E-state index contributed by atoms with van der Waals surface area (Å²) in [4.78, 5) is 121. The quantitative estimate of drug-likeness (QED) is 0.0285. The molecule has 0 bridgehead atoms. The number of unbranched alkanes of at least 4 members (excludes halogenated alkanes) is 2. The van der Waals surface area contributed by atoms with Crippen molar-refractivity contribution in [3.8, 4) is 0 Å². The zero-order valence-electron chi connectivity index (χ0n) is 45.6. The van der Waals surface area contributed by atoms with Gasteiger partial charge in [-0.3, -0.25) is 48.3 Å². The summed E-state index contributed by atoms with van der Waals surface area (Å²) in [6.45, 7) is 4.14. The highest BCUT2D eigenvalue weighted by atomic mass is 19.1. The van der Waals surface area contributed by atoms with Crippen LogP contribution in [0.3, 0.4) is 0 Å². The van der Waals surface area contributed by atoms with E-state index in [2.05, 4.69) is 31.2 Å². The molecule has 0 radical (unpaired) electrons. The topological polar surface area (TPSA) is 269 Å². The molecule has 0 spiro atoms. The van der Waals surface area contributed by atoms with Crippen LogP contribution >= 0.6 is 0 Å². The molecule has 0 unspecified atom stereocenters. The Morgan fingerprint density at radius 1 is 0.550 bits per heavy atom. The highest BCUT2D eigenvalue weighted by molar-refractivity contribution is 6.09. The number of likely N-dealkylation sites (N-methyl/N-ethyl adjacent to an activating group) is 2. The number of carbonyl (C=O) groups excluding carboxylic acids is 8. The van der Waals surface area contributed by atoms with Crippen LogP contribution in [0.4, 0.5) is 8.78 Å². The number of hydrogen-bond donors (Lipinski definition) is 6. The van der Waals surface area contributed by atoms with Crippen LogP contribution in [0.5, 0.6) is 0 Å². The number of likely N-dealkylation sites (tertiary alicyclic amines) is 2. The second-order valence-electron chi connectivity index (χ2n) is 20.5. The van der Waals surface area contributed by atoms with Gasteiger partial charge in [0.1, 0.15) is 23.7 Å². The number of amides is 6. The largest absolute Gasteiger partial charge is 0.366 e. The number of nitrogens with zero attached hydrogens (tertiary/aromatic N) is 4. The van der Waals surface area contributed by atoms with Crippen molar-refractivity contribution in [2.45, 2.75) is 127 Å². The number of aromatic nitrogens is 2. The van der Waals surface area contributed by atoms with E-state index in [0.29, 0.717) is 86.7 Å². The lowest BCUT2D eigenvalue weighted by atomic mass is 9.88. The average molecular weight is 1100 g/mol. The minimum absolute atomic E-state index is 0.196. The molecule has 2 aromatic heterocycles. The number of benzene rings is 3. The van der Waals surface area contributed by atoms with Crippen molar-refractivity contribution in [2.24, 2.45) is 11.5 Å². The van der Waals surface area contributed by atoms with Crippen molar-refractivity contribution >= 4 is 47.0 Å².